The molecule has 6 heteroatoms. The summed E-state index contributed by atoms with van der Waals surface area (Å²) in [5.74, 6) is 0.572. The van der Waals surface area contributed by atoms with Crippen molar-refractivity contribution in [3.63, 3.8) is 0 Å². The fraction of sp³-hybridized carbons (Fsp3) is 0.571. The lowest BCUT2D eigenvalue weighted by Crippen LogP contribution is -2.46. The molecule has 0 bridgehead atoms. The van der Waals surface area contributed by atoms with Crippen molar-refractivity contribution in [2.45, 2.75) is 6.42 Å². The van der Waals surface area contributed by atoms with E-state index in [0.29, 0.717) is 24.7 Å². The number of ether oxygens (including phenoxy) is 2. The highest BCUT2D eigenvalue weighted by atomic mass is 16.5. The van der Waals surface area contributed by atoms with Gasteiger partial charge in [0.1, 0.15) is 0 Å². The van der Waals surface area contributed by atoms with E-state index in [1.807, 2.05) is 4.90 Å². The largest absolute Gasteiger partial charge is 0.478 e. The summed E-state index contributed by atoms with van der Waals surface area (Å²) in [4.78, 5) is 18.2. The second-order valence-corrected chi connectivity index (χ2v) is 4.62. The molecule has 1 amide bonds. The predicted molar refractivity (Wildman–Crippen MR) is 75.0 cm³/mol. The molecule has 1 aromatic heterocycles. The zero-order valence-electron chi connectivity index (χ0n) is 11.8. The predicted octanol–water partition coefficient (Wildman–Crippen LogP) is 0.542. The number of pyridine rings is 1. The Morgan fingerprint density at radius 3 is 2.80 bits per heavy atom. The molecule has 2 heterocycles. The number of carbonyl (C=O) groups excluding carboxylic acids is 1. The molecule has 1 N–H and O–H groups in total. The zero-order chi connectivity index (χ0) is 14.2. The van der Waals surface area contributed by atoms with Gasteiger partial charge in [-0.15, -0.1) is 0 Å². The number of aromatic nitrogens is 1. The van der Waals surface area contributed by atoms with Crippen LogP contribution in [0.1, 0.15) is 16.8 Å². The summed E-state index contributed by atoms with van der Waals surface area (Å²) in [5.41, 5.74) is 0.608. The van der Waals surface area contributed by atoms with Crippen molar-refractivity contribution in [1.82, 2.24) is 15.2 Å². The van der Waals surface area contributed by atoms with Crippen molar-refractivity contribution in [2.75, 3.05) is 46.5 Å². The van der Waals surface area contributed by atoms with Gasteiger partial charge in [-0.1, -0.05) is 0 Å². The first-order chi connectivity index (χ1) is 9.81. The van der Waals surface area contributed by atoms with Crippen LogP contribution in [-0.2, 0) is 4.74 Å². The Kier molecular flexibility index (Phi) is 5.76. The number of nitrogens with zero attached hydrogens (tertiary/aromatic N) is 2. The highest BCUT2D eigenvalue weighted by Gasteiger charge is 2.18. The Morgan fingerprint density at radius 2 is 2.15 bits per heavy atom. The van der Waals surface area contributed by atoms with Crippen molar-refractivity contribution < 1.29 is 14.3 Å². The SMILES string of the molecule is COCCCOc1ccc(C(=O)N2CCNCC2)cn1. The van der Waals surface area contributed by atoms with Crippen molar-refractivity contribution in [1.29, 1.82) is 0 Å². The van der Waals surface area contributed by atoms with Gasteiger partial charge in [-0.05, 0) is 6.07 Å². The lowest BCUT2D eigenvalue weighted by molar-refractivity contribution is 0.0735. The molecule has 1 saturated heterocycles. The fourth-order valence-corrected chi connectivity index (χ4v) is 2.02. The van der Waals surface area contributed by atoms with E-state index in [2.05, 4.69) is 10.3 Å². The van der Waals surface area contributed by atoms with E-state index in [1.54, 1.807) is 25.4 Å². The number of amides is 1. The van der Waals surface area contributed by atoms with Crippen LogP contribution in [0.3, 0.4) is 0 Å². The summed E-state index contributed by atoms with van der Waals surface area (Å²) in [7, 11) is 1.66. The average molecular weight is 279 g/mol. The lowest BCUT2D eigenvalue weighted by Gasteiger charge is -2.27. The Bertz CT molecular complexity index is 416. The highest BCUT2D eigenvalue weighted by Crippen LogP contribution is 2.10. The van der Waals surface area contributed by atoms with Crippen molar-refractivity contribution in [2.24, 2.45) is 0 Å². The fourth-order valence-electron chi connectivity index (χ4n) is 2.02. The average Bonchev–Trinajstić information content (AvgIpc) is 2.52. The van der Waals surface area contributed by atoms with Crippen LogP contribution in [0.2, 0.25) is 0 Å². The van der Waals surface area contributed by atoms with Crippen molar-refractivity contribution >= 4 is 5.91 Å². The molecule has 6 nitrogen and oxygen atoms in total. The number of hydrogen-bond donors (Lipinski definition) is 1. The van der Waals surface area contributed by atoms with Gasteiger partial charge in [0, 0.05) is 58.6 Å². The maximum Gasteiger partial charge on any atom is 0.255 e. The van der Waals surface area contributed by atoms with E-state index < -0.39 is 0 Å². The van der Waals surface area contributed by atoms with Gasteiger partial charge in [-0.25, -0.2) is 4.98 Å². The van der Waals surface area contributed by atoms with Gasteiger partial charge in [0.15, 0.2) is 0 Å². The standard InChI is InChI=1S/C14H21N3O3/c1-19-9-2-10-20-13-4-3-12(11-16-13)14(18)17-7-5-15-6-8-17/h3-4,11,15H,2,5-10H2,1H3. The van der Waals surface area contributed by atoms with Crippen LogP contribution in [-0.4, -0.2) is 62.3 Å². The Balaban J connectivity index is 1.85. The molecule has 0 aliphatic carbocycles. The Hall–Kier alpha value is -1.66. The molecule has 0 aromatic carbocycles. The molecule has 1 aliphatic heterocycles. The molecule has 1 fully saturated rings. The van der Waals surface area contributed by atoms with Crippen molar-refractivity contribution in [3.8, 4) is 5.88 Å². The minimum absolute atomic E-state index is 0.0323. The third kappa shape index (κ3) is 4.18. The minimum atomic E-state index is 0.0323. The van der Waals surface area contributed by atoms with Crippen LogP contribution in [0.15, 0.2) is 18.3 Å². The topological polar surface area (TPSA) is 63.7 Å². The maximum atomic E-state index is 12.2. The van der Waals surface area contributed by atoms with Gasteiger partial charge in [0.05, 0.1) is 12.2 Å². The van der Waals surface area contributed by atoms with E-state index in [1.165, 1.54) is 0 Å². The van der Waals surface area contributed by atoms with Crippen LogP contribution in [0.4, 0.5) is 0 Å². The van der Waals surface area contributed by atoms with Gasteiger partial charge >= 0.3 is 0 Å². The maximum absolute atomic E-state index is 12.2. The summed E-state index contributed by atoms with van der Waals surface area (Å²) in [6.07, 6.45) is 2.40. The molecule has 1 aromatic rings. The number of methoxy groups -OCH3 is 1. The van der Waals surface area contributed by atoms with E-state index >= 15 is 0 Å². The molecule has 0 spiro atoms. The van der Waals surface area contributed by atoms with Crippen LogP contribution in [0, 0.1) is 0 Å². The van der Waals surface area contributed by atoms with E-state index in [0.717, 1.165) is 32.6 Å². The first-order valence-corrected chi connectivity index (χ1v) is 6.89. The molecule has 1 aliphatic rings. The van der Waals surface area contributed by atoms with E-state index in [-0.39, 0.29) is 5.91 Å². The second kappa shape index (κ2) is 7.81. The molecule has 110 valence electrons. The molecule has 0 atom stereocenters. The number of nitrogens with one attached hydrogen (secondary N) is 1. The van der Waals surface area contributed by atoms with Gasteiger partial charge in [0.25, 0.3) is 5.91 Å². The van der Waals surface area contributed by atoms with Crippen LogP contribution >= 0.6 is 0 Å². The zero-order valence-corrected chi connectivity index (χ0v) is 11.8. The van der Waals surface area contributed by atoms with Gasteiger partial charge in [-0.3, -0.25) is 4.79 Å². The molecule has 0 saturated carbocycles. The van der Waals surface area contributed by atoms with Gasteiger partial charge in [-0.2, -0.15) is 0 Å². The van der Waals surface area contributed by atoms with Crippen molar-refractivity contribution in [3.05, 3.63) is 23.9 Å². The number of piperazine rings is 1. The number of carbonyl (C=O) groups is 1. The Morgan fingerprint density at radius 1 is 1.35 bits per heavy atom. The summed E-state index contributed by atoms with van der Waals surface area (Å²) in [6.45, 7) is 4.41. The van der Waals surface area contributed by atoms with Crippen LogP contribution < -0.4 is 10.1 Å². The third-order valence-corrected chi connectivity index (χ3v) is 3.13. The summed E-state index contributed by atoms with van der Waals surface area (Å²) < 4.78 is 10.4. The summed E-state index contributed by atoms with van der Waals surface area (Å²) >= 11 is 0. The van der Waals surface area contributed by atoms with E-state index in [9.17, 15) is 4.79 Å². The molecule has 2 rings (SSSR count). The van der Waals surface area contributed by atoms with Crippen LogP contribution in [0.5, 0.6) is 5.88 Å². The minimum Gasteiger partial charge on any atom is -0.478 e. The summed E-state index contributed by atoms with van der Waals surface area (Å²) in [6, 6.07) is 3.51. The van der Waals surface area contributed by atoms with Crippen LogP contribution in [0.25, 0.3) is 0 Å². The second-order valence-electron chi connectivity index (χ2n) is 4.62. The first-order valence-electron chi connectivity index (χ1n) is 6.89. The number of rotatable bonds is 6. The molecular weight excluding hydrogens is 258 g/mol. The normalized spacial score (nSPS) is 15.2. The smallest absolute Gasteiger partial charge is 0.255 e. The Labute approximate surface area is 119 Å². The van der Waals surface area contributed by atoms with Gasteiger partial charge < -0.3 is 19.7 Å². The molecule has 20 heavy (non-hydrogen) atoms. The number of hydrogen-bond acceptors (Lipinski definition) is 5. The lowest BCUT2D eigenvalue weighted by atomic mass is 10.2. The molecule has 0 radical (unpaired) electrons. The summed E-state index contributed by atoms with van der Waals surface area (Å²) in [5, 5.41) is 3.22. The first kappa shape index (κ1) is 14.7. The quantitative estimate of drug-likeness (QED) is 0.770. The third-order valence-electron chi connectivity index (χ3n) is 3.13. The van der Waals surface area contributed by atoms with E-state index in [4.69, 9.17) is 9.47 Å². The van der Waals surface area contributed by atoms with Gasteiger partial charge in [0.2, 0.25) is 5.88 Å². The highest BCUT2D eigenvalue weighted by molar-refractivity contribution is 5.94. The molecular formula is C14H21N3O3. The monoisotopic (exact) mass is 279 g/mol. The molecule has 0 unspecified atom stereocenters.